The molecule has 0 bridgehead atoms. The molecule has 3 aromatic rings. The molecule has 8 heteroatoms. The van der Waals surface area contributed by atoms with E-state index in [1.165, 1.54) is 35.2 Å². The number of ketones is 1. The van der Waals surface area contributed by atoms with Crippen molar-refractivity contribution < 1.29 is 9.18 Å². The van der Waals surface area contributed by atoms with Gasteiger partial charge in [-0.05, 0) is 43.4 Å². The second kappa shape index (κ2) is 9.03. The van der Waals surface area contributed by atoms with Crippen molar-refractivity contribution in [1.82, 2.24) is 14.8 Å². The Morgan fingerprint density at radius 2 is 1.81 bits per heavy atom. The number of carbonyl (C=O) groups excluding carboxylic acids is 1. The van der Waals surface area contributed by atoms with Crippen molar-refractivity contribution in [2.24, 2.45) is 0 Å². The molecule has 0 N–H and O–H groups in total. The first-order chi connectivity index (χ1) is 13.0. The van der Waals surface area contributed by atoms with Gasteiger partial charge in [-0.25, -0.2) is 4.39 Å². The maximum Gasteiger partial charge on any atom is 0.175 e. The Kier molecular flexibility index (Phi) is 6.73. The Morgan fingerprint density at radius 3 is 2.48 bits per heavy atom. The summed E-state index contributed by atoms with van der Waals surface area (Å²) in [5, 5.41) is 8.25. The normalized spacial score (nSPS) is 11.1. The highest BCUT2D eigenvalue weighted by Crippen LogP contribution is 2.29. The monoisotopic (exact) mass is 421 g/mol. The average Bonchev–Trinajstić information content (AvgIpc) is 3.21. The van der Waals surface area contributed by atoms with Crippen LogP contribution in [0.3, 0.4) is 0 Å². The summed E-state index contributed by atoms with van der Waals surface area (Å²) in [6, 6.07) is 8.39. The van der Waals surface area contributed by atoms with Crippen molar-refractivity contribution in [2.75, 3.05) is 11.5 Å². The Bertz CT molecular complexity index is 934. The van der Waals surface area contributed by atoms with Gasteiger partial charge in [0.15, 0.2) is 14.5 Å². The minimum atomic E-state index is -0.246. The molecule has 0 unspecified atom stereocenters. The molecule has 0 aliphatic heterocycles. The van der Waals surface area contributed by atoms with E-state index in [0.29, 0.717) is 12.3 Å². The Hall–Kier alpha value is -1.64. The molecule has 0 fully saturated rings. The first kappa shape index (κ1) is 20.1. The van der Waals surface area contributed by atoms with E-state index in [4.69, 9.17) is 0 Å². The molecule has 142 valence electrons. The fourth-order valence-electron chi connectivity index (χ4n) is 2.74. The van der Waals surface area contributed by atoms with Crippen LogP contribution in [0.2, 0.25) is 0 Å². The Balaban J connectivity index is 1.68. The number of nitrogens with zero attached hydrogens (tertiary/aromatic N) is 3. The number of hydrogen-bond acceptors (Lipinski definition) is 6. The number of aryl methyl sites for hydroxylation is 1. The van der Waals surface area contributed by atoms with Gasteiger partial charge < -0.3 is 4.57 Å². The van der Waals surface area contributed by atoms with Crippen molar-refractivity contribution in [1.29, 1.82) is 0 Å². The summed E-state index contributed by atoms with van der Waals surface area (Å²) in [6.07, 6.45) is 0. The lowest BCUT2D eigenvalue weighted by Crippen LogP contribution is -2.07. The summed E-state index contributed by atoms with van der Waals surface area (Å²) < 4.78 is 16.9. The maximum atomic E-state index is 13.1. The highest BCUT2D eigenvalue weighted by Gasteiger charge is 2.17. The molecule has 4 nitrogen and oxygen atoms in total. The lowest BCUT2D eigenvalue weighted by molar-refractivity contribution is 0.102. The molecule has 0 saturated heterocycles. The molecule has 0 spiro atoms. The van der Waals surface area contributed by atoms with E-state index in [2.05, 4.69) is 21.7 Å². The van der Waals surface area contributed by atoms with E-state index in [9.17, 15) is 9.18 Å². The van der Waals surface area contributed by atoms with Crippen LogP contribution in [-0.2, 0) is 6.54 Å². The molecule has 0 amide bonds. The van der Waals surface area contributed by atoms with E-state index >= 15 is 0 Å². The van der Waals surface area contributed by atoms with Gasteiger partial charge in [0.25, 0.3) is 0 Å². The van der Waals surface area contributed by atoms with Gasteiger partial charge in [-0.3, -0.25) is 4.79 Å². The van der Waals surface area contributed by atoms with Gasteiger partial charge in [-0.2, -0.15) is 0 Å². The van der Waals surface area contributed by atoms with Crippen LogP contribution in [0, 0.1) is 19.7 Å². The van der Waals surface area contributed by atoms with Gasteiger partial charge in [-0.1, -0.05) is 53.9 Å². The first-order valence-corrected chi connectivity index (χ1v) is 11.3. The quantitative estimate of drug-likeness (QED) is 0.368. The largest absolute Gasteiger partial charge is 0.344 e. The van der Waals surface area contributed by atoms with Crippen molar-refractivity contribution >= 4 is 40.6 Å². The number of aromatic nitrogens is 3. The topological polar surface area (TPSA) is 47.8 Å². The number of carbonyl (C=O) groups is 1. The van der Waals surface area contributed by atoms with E-state index in [1.54, 1.807) is 23.9 Å². The second-order valence-electron chi connectivity index (χ2n) is 5.98. The number of thioether (sulfide) groups is 2. The molecule has 0 radical (unpaired) electrons. The predicted octanol–water partition coefficient (Wildman–Crippen LogP) is 5.23. The van der Waals surface area contributed by atoms with Gasteiger partial charge in [0, 0.05) is 23.5 Å². The lowest BCUT2D eigenvalue weighted by Gasteiger charge is -2.10. The Labute approximate surface area is 170 Å². The summed E-state index contributed by atoms with van der Waals surface area (Å²) in [4.78, 5) is 12.7. The van der Waals surface area contributed by atoms with Crippen LogP contribution in [0.25, 0.3) is 0 Å². The molecular formula is C19H20FN3OS3. The number of rotatable bonds is 8. The van der Waals surface area contributed by atoms with Crippen LogP contribution < -0.4 is 0 Å². The number of hydrogen-bond donors (Lipinski definition) is 0. The van der Waals surface area contributed by atoms with Crippen molar-refractivity contribution in [3.05, 3.63) is 58.7 Å². The van der Waals surface area contributed by atoms with Gasteiger partial charge >= 0.3 is 0 Å². The fraction of sp³-hybridized carbons (Fsp3) is 0.316. The summed E-state index contributed by atoms with van der Waals surface area (Å²) >= 11 is 4.61. The fourth-order valence-corrected chi connectivity index (χ4v) is 5.54. The minimum Gasteiger partial charge on any atom is -0.344 e. The Morgan fingerprint density at radius 1 is 1.15 bits per heavy atom. The predicted molar refractivity (Wildman–Crippen MR) is 111 cm³/mol. The summed E-state index contributed by atoms with van der Waals surface area (Å²) in [5.74, 6) is 1.13. The third-order valence-electron chi connectivity index (χ3n) is 4.11. The van der Waals surface area contributed by atoms with Crippen LogP contribution in [0.1, 0.15) is 34.2 Å². The molecule has 0 atom stereocenters. The van der Waals surface area contributed by atoms with E-state index in [0.717, 1.165) is 36.9 Å². The molecule has 3 rings (SSSR count). The van der Waals surface area contributed by atoms with Gasteiger partial charge in [0.1, 0.15) is 5.82 Å². The molecule has 0 saturated carbocycles. The lowest BCUT2D eigenvalue weighted by atomic mass is 10.2. The zero-order chi connectivity index (χ0) is 19.4. The van der Waals surface area contributed by atoms with Gasteiger partial charge in [0.05, 0.1) is 5.75 Å². The van der Waals surface area contributed by atoms with Crippen molar-refractivity contribution in [2.45, 2.75) is 36.0 Å². The third kappa shape index (κ3) is 5.00. The third-order valence-corrected chi connectivity index (χ3v) is 7.18. The van der Waals surface area contributed by atoms with Crippen molar-refractivity contribution in [3.63, 3.8) is 0 Å². The first-order valence-electron chi connectivity index (χ1n) is 8.51. The van der Waals surface area contributed by atoms with Gasteiger partial charge in [-0.15, -0.1) is 10.2 Å². The highest BCUT2D eigenvalue weighted by molar-refractivity contribution is 8.03. The molecular weight excluding hydrogens is 401 g/mol. The van der Waals surface area contributed by atoms with E-state index in [-0.39, 0.29) is 11.6 Å². The van der Waals surface area contributed by atoms with Crippen LogP contribution >= 0.6 is 34.9 Å². The molecule has 0 aliphatic rings. The smallest absolute Gasteiger partial charge is 0.175 e. The minimum absolute atomic E-state index is 0.0818. The number of Topliss-reactive ketones (excluding diaryl/α,β-unsaturated/α-hetero) is 1. The molecule has 2 heterocycles. The van der Waals surface area contributed by atoms with Crippen molar-refractivity contribution in [3.8, 4) is 0 Å². The second-order valence-corrected chi connectivity index (χ2v) is 9.69. The molecule has 1 aromatic carbocycles. The maximum absolute atomic E-state index is 13.1. The summed E-state index contributed by atoms with van der Waals surface area (Å²) in [7, 11) is 0. The number of benzene rings is 1. The number of halogens is 1. The molecule has 27 heavy (non-hydrogen) atoms. The average molecular weight is 422 g/mol. The SMILES string of the molecule is CCSc1nnc(SCC(=O)c2cc(C)n(Cc3ccc(F)cc3)c2C)s1. The highest BCUT2D eigenvalue weighted by atomic mass is 32.2. The van der Waals surface area contributed by atoms with Crippen LogP contribution in [0.4, 0.5) is 4.39 Å². The standard InChI is InChI=1S/C19H20FN3OS3/c1-4-25-18-21-22-19(27-18)26-11-17(24)16-9-12(2)23(13(16)3)10-14-5-7-15(20)8-6-14/h5-9H,4,10-11H2,1-3H3. The summed E-state index contributed by atoms with van der Waals surface area (Å²) in [5.41, 5.74) is 3.68. The van der Waals surface area contributed by atoms with E-state index in [1.807, 2.05) is 19.9 Å². The molecule has 2 aromatic heterocycles. The van der Waals surface area contributed by atoms with Crippen LogP contribution in [-0.4, -0.2) is 32.1 Å². The van der Waals surface area contributed by atoms with Crippen LogP contribution in [0.5, 0.6) is 0 Å². The molecule has 0 aliphatic carbocycles. The zero-order valence-corrected chi connectivity index (χ0v) is 17.8. The van der Waals surface area contributed by atoms with Crippen LogP contribution in [0.15, 0.2) is 39.0 Å². The van der Waals surface area contributed by atoms with Gasteiger partial charge in [0.2, 0.25) is 0 Å². The van der Waals surface area contributed by atoms with E-state index < -0.39 is 0 Å². The summed E-state index contributed by atoms with van der Waals surface area (Å²) in [6.45, 7) is 6.63. The zero-order valence-electron chi connectivity index (χ0n) is 15.4.